The van der Waals surface area contributed by atoms with Crippen molar-refractivity contribution in [3.8, 4) is 11.1 Å². The molecular formula is C18H9F6N3. The summed E-state index contributed by atoms with van der Waals surface area (Å²) in [6, 6.07) is 11.9. The molecule has 4 rings (SSSR count). The van der Waals surface area contributed by atoms with Gasteiger partial charge in [0.2, 0.25) is 0 Å². The largest absolute Gasteiger partial charge is 0.435 e. The lowest BCUT2D eigenvalue weighted by Crippen LogP contribution is -2.09. The molecule has 3 nitrogen and oxygen atoms in total. The van der Waals surface area contributed by atoms with E-state index < -0.39 is 35.0 Å². The van der Waals surface area contributed by atoms with Crippen LogP contribution in [0.3, 0.4) is 0 Å². The minimum Gasteiger partial charge on any atom is -0.223 e. The third-order valence-corrected chi connectivity index (χ3v) is 4.10. The normalized spacial score (nSPS) is 12.8. The van der Waals surface area contributed by atoms with E-state index in [1.807, 2.05) is 0 Å². The number of rotatable bonds is 1. The number of halogens is 6. The highest BCUT2D eigenvalue weighted by molar-refractivity contribution is 6.00. The van der Waals surface area contributed by atoms with Crippen molar-refractivity contribution in [2.45, 2.75) is 12.4 Å². The number of alkyl halides is 6. The Morgan fingerprint density at radius 1 is 0.778 bits per heavy atom. The number of hydrogen-bond donors (Lipinski definition) is 0. The van der Waals surface area contributed by atoms with E-state index in [4.69, 9.17) is 0 Å². The fourth-order valence-corrected chi connectivity index (χ4v) is 2.98. The van der Waals surface area contributed by atoms with Crippen molar-refractivity contribution in [2.75, 3.05) is 0 Å². The summed E-state index contributed by atoms with van der Waals surface area (Å²) in [6.45, 7) is 0. The molecule has 9 heteroatoms. The summed E-state index contributed by atoms with van der Waals surface area (Å²) in [6.07, 6.45) is -8.83. The summed E-state index contributed by atoms with van der Waals surface area (Å²) in [5.74, 6) is 0. The molecule has 4 aromatic rings. The van der Waals surface area contributed by atoms with Crippen molar-refractivity contribution in [2.24, 2.45) is 0 Å². The number of nitrogens with zero attached hydrogens (tertiary/aromatic N) is 3. The maximum Gasteiger partial charge on any atom is 0.435 e. The van der Waals surface area contributed by atoms with Gasteiger partial charge in [0.15, 0.2) is 11.3 Å². The summed E-state index contributed by atoms with van der Waals surface area (Å²) in [7, 11) is 0. The molecule has 138 valence electrons. The first kappa shape index (κ1) is 17.3. The predicted octanol–water partition coefficient (Wildman–Crippen LogP) is 5.59. The summed E-state index contributed by atoms with van der Waals surface area (Å²) in [5, 5.41) is 4.56. The Bertz CT molecular complexity index is 1150. The van der Waals surface area contributed by atoms with Gasteiger partial charge in [0.25, 0.3) is 0 Å². The maximum atomic E-state index is 13.6. The Morgan fingerprint density at radius 2 is 1.48 bits per heavy atom. The highest BCUT2D eigenvalue weighted by atomic mass is 19.4. The number of fused-ring (bicyclic) bond motifs is 2. The van der Waals surface area contributed by atoms with Gasteiger partial charge in [0, 0.05) is 6.20 Å². The van der Waals surface area contributed by atoms with E-state index in [1.165, 1.54) is 12.1 Å². The second kappa shape index (κ2) is 5.70. The first-order chi connectivity index (χ1) is 12.7. The molecule has 0 saturated carbocycles. The molecule has 0 fully saturated rings. The first-order valence-corrected chi connectivity index (χ1v) is 7.68. The van der Waals surface area contributed by atoms with Crippen molar-refractivity contribution >= 4 is 16.4 Å². The lowest BCUT2D eigenvalue weighted by atomic mass is 9.98. The molecule has 0 aliphatic heterocycles. The smallest absolute Gasteiger partial charge is 0.223 e. The molecule has 0 spiro atoms. The Hall–Kier alpha value is -3.10. The zero-order chi connectivity index (χ0) is 19.4. The molecule has 0 unspecified atom stereocenters. The monoisotopic (exact) mass is 381 g/mol. The molecule has 0 aliphatic carbocycles. The van der Waals surface area contributed by atoms with Gasteiger partial charge in [-0.25, -0.2) is 9.50 Å². The Labute approximate surface area is 147 Å². The van der Waals surface area contributed by atoms with Crippen LogP contribution in [0.5, 0.6) is 0 Å². The van der Waals surface area contributed by atoms with Crippen LogP contribution < -0.4 is 0 Å². The van der Waals surface area contributed by atoms with Gasteiger partial charge in [-0.2, -0.15) is 31.4 Å². The molecule has 0 N–H and O–H groups in total. The fraction of sp³-hybridized carbons (Fsp3) is 0.111. The molecule has 0 aliphatic rings. The van der Waals surface area contributed by atoms with Crippen LogP contribution in [-0.4, -0.2) is 14.6 Å². The maximum absolute atomic E-state index is 13.6. The van der Waals surface area contributed by atoms with E-state index in [1.54, 1.807) is 30.3 Å². The van der Waals surface area contributed by atoms with Crippen LogP contribution >= 0.6 is 0 Å². The van der Waals surface area contributed by atoms with E-state index in [-0.39, 0.29) is 5.56 Å². The quantitative estimate of drug-likeness (QED) is 0.403. The molecule has 2 aromatic carbocycles. The van der Waals surface area contributed by atoms with Gasteiger partial charge in [0.1, 0.15) is 5.69 Å². The minimum absolute atomic E-state index is 0.113. The van der Waals surface area contributed by atoms with Crippen LogP contribution in [0.2, 0.25) is 0 Å². The minimum atomic E-state index is -4.86. The Balaban J connectivity index is 2.13. The topological polar surface area (TPSA) is 30.2 Å². The lowest BCUT2D eigenvalue weighted by Gasteiger charge is -2.10. The molecule has 0 saturated heterocycles. The Morgan fingerprint density at radius 3 is 2.19 bits per heavy atom. The van der Waals surface area contributed by atoms with E-state index in [0.29, 0.717) is 16.8 Å². The fourth-order valence-electron chi connectivity index (χ4n) is 2.98. The average Bonchev–Trinajstić information content (AvgIpc) is 2.99. The van der Waals surface area contributed by atoms with Crippen LogP contribution in [-0.2, 0) is 12.4 Å². The number of benzene rings is 2. The molecule has 0 atom stereocenters. The van der Waals surface area contributed by atoms with Gasteiger partial charge in [-0.05, 0) is 22.4 Å². The first-order valence-electron chi connectivity index (χ1n) is 7.68. The Kier molecular flexibility index (Phi) is 3.66. The molecule has 2 heterocycles. The van der Waals surface area contributed by atoms with Crippen LogP contribution in [0.15, 0.2) is 54.7 Å². The number of aromatic nitrogens is 3. The van der Waals surface area contributed by atoms with E-state index in [0.717, 1.165) is 10.7 Å². The molecule has 2 aromatic heterocycles. The molecule has 0 radical (unpaired) electrons. The zero-order valence-corrected chi connectivity index (χ0v) is 13.3. The van der Waals surface area contributed by atoms with Crippen molar-refractivity contribution in [3.63, 3.8) is 0 Å². The van der Waals surface area contributed by atoms with Gasteiger partial charge < -0.3 is 0 Å². The van der Waals surface area contributed by atoms with Gasteiger partial charge in [0.05, 0.1) is 5.56 Å². The standard InChI is InChI=1S/C18H9F6N3/c19-17(20,21)13-8-9-27-16(25-13)14(15(26-27)18(22,23)24)12-7-3-5-10-4-1-2-6-11(10)12/h1-9H. The SMILES string of the molecule is FC(F)(F)c1ccn2nc(C(F)(F)F)c(-c3cccc4ccccc34)c2n1. The van der Waals surface area contributed by atoms with Gasteiger partial charge in [-0.1, -0.05) is 42.5 Å². The van der Waals surface area contributed by atoms with E-state index in [9.17, 15) is 26.3 Å². The van der Waals surface area contributed by atoms with E-state index in [2.05, 4.69) is 10.1 Å². The van der Waals surface area contributed by atoms with E-state index >= 15 is 0 Å². The van der Waals surface area contributed by atoms with Crippen LogP contribution in [0.25, 0.3) is 27.5 Å². The number of hydrogen-bond acceptors (Lipinski definition) is 2. The van der Waals surface area contributed by atoms with Gasteiger partial charge in [-0.15, -0.1) is 0 Å². The molecule has 0 bridgehead atoms. The lowest BCUT2D eigenvalue weighted by molar-refractivity contribution is -0.141. The zero-order valence-electron chi connectivity index (χ0n) is 13.3. The van der Waals surface area contributed by atoms with Crippen molar-refractivity contribution in [1.29, 1.82) is 0 Å². The van der Waals surface area contributed by atoms with Crippen molar-refractivity contribution in [3.05, 3.63) is 66.1 Å². The predicted molar refractivity (Wildman–Crippen MR) is 85.9 cm³/mol. The summed E-state index contributed by atoms with van der Waals surface area (Å²) in [5.41, 5.74) is -3.45. The van der Waals surface area contributed by atoms with Crippen LogP contribution in [0, 0.1) is 0 Å². The van der Waals surface area contributed by atoms with Crippen molar-refractivity contribution in [1.82, 2.24) is 14.6 Å². The molecule has 0 amide bonds. The molecule has 27 heavy (non-hydrogen) atoms. The van der Waals surface area contributed by atoms with Gasteiger partial charge >= 0.3 is 12.4 Å². The van der Waals surface area contributed by atoms with Crippen LogP contribution in [0.1, 0.15) is 11.4 Å². The highest BCUT2D eigenvalue weighted by Gasteiger charge is 2.40. The summed E-state index contributed by atoms with van der Waals surface area (Å²) >= 11 is 0. The summed E-state index contributed by atoms with van der Waals surface area (Å²) < 4.78 is 80.5. The second-order valence-electron chi connectivity index (χ2n) is 5.83. The average molecular weight is 381 g/mol. The molecular weight excluding hydrogens is 372 g/mol. The van der Waals surface area contributed by atoms with Crippen LogP contribution in [0.4, 0.5) is 26.3 Å². The second-order valence-corrected chi connectivity index (χ2v) is 5.83. The summed E-state index contributed by atoms with van der Waals surface area (Å²) in [4.78, 5) is 3.44. The third-order valence-electron chi connectivity index (χ3n) is 4.10. The highest BCUT2D eigenvalue weighted by Crippen LogP contribution is 2.41. The third kappa shape index (κ3) is 2.88. The van der Waals surface area contributed by atoms with Gasteiger partial charge in [-0.3, -0.25) is 0 Å². The van der Waals surface area contributed by atoms with Crippen molar-refractivity contribution < 1.29 is 26.3 Å².